The SMILES string of the molecule is COc1ccc(NC(=O)Nc2ccc(-c3nc(N4CCOC[C@@H]4C)cc(C(C)(C)S(C)(=O)=O)n3)cc2)cn1. The van der Waals surface area contributed by atoms with Crippen LogP contribution in [-0.4, -0.2) is 68.6 Å². The van der Waals surface area contributed by atoms with Crippen molar-refractivity contribution in [1.82, 2.24) is 15.0 Å². The van der Waals surface area contributed by atoms with Gasteiger partial charge in [0.1, 0.15) is 10.6 Å². The van der Waals surface area contributed by atoms with Crippen LogP contribution in [0.4, 0.5) is 22.0 Å². The van der Waals surface area contributed by atoms with Crippen molar-refractivity contribution in [3.05, 3.63) is 54.4 Å². The van der Waals surface area contributed by atoms with Crippen LogP contribution in [0.25, 0.3) is 11.4 Å². The Hall–Kier alpha value is -3.77. The van der Waals surface area contributed by atoms with Gasteiger partial charge in [0.15, 0.2) is 15.7 Å². The lowest BCUT2D eigenvalue weighted by Gasteiger charge is -2.35. The molecule has 3 aromatic rings. The Morgan fingerprint density at radius 2 is 1.79 bits per heavy atom. The van der Waals surface area contributed by atoms with E-state index in [1.165, 1.54) is 19.6 Å². The number of pyridine rings is 1. The van der Waals surface area contributed by atoms with Crippen LogP contribution in [0.1, 0.15) is 26.5 Å². The predicted molar refractivity (Wildman–Crippen MR) is 146 cm³/mol. The molecule has 11 nitrogen and oxygen atoms in total. The van der Waals surface area contributed by atoms with E-state index in [0.717, 1.165) is 0 Å². The zero-order valence-electron chi connectivity index (χ0n) is 22.1. The molecule has 1 aliphatic rings. The predicted octanol–water partition coefficient (Wildman–Crippen LogP) is 3.70. The Labute approximate surface area is 222 Å². The summed E-state index contributed by atoms with van der Waals surface area (Å²) in [5.41, 5.74) is 2.17. The third-order valence-electron chi connectivity index (χ3n) is 6.52. The molecule has 38 heavy (non-hydrogen) atoms. The van der Waals surface area contributed by atoms with Gasteiger partial charge in [-0.15, -0.1) is 0 Å². The van der Waals surface area contributed by atoms with Crippen molar-refractivity contribution in [3.8, 4) is 17.3 Å². The molecule has 0 unspecified atom stereocenters. The smallest absolute Gasteiger partial charge is 0.323 e. The minimum absolute atomic E-state index is 0.0756. The van der Waals surface area contributed by atoms with Crippen molar-refractivity contribution < 1.29 is 22.7 Å². The number of nitrogens with one attached hydrogen (secondary N) is 2. The average molecular weight is 541 g/mol. The third kappa shape index (κ3) is 6.03. The van der Waals surface area contributed by atoms with Gasteiger partial charge in [-0.05, 0) is 51.1 Å². The molecule has 0 bridgehead atoms. The van der Waals surface area contributed by atoms with E-state index in [9.17, 15) is 13.2 Å². The first-order valence-electron chi connectivity index (χ1n) is 12.1. The number of aromatic nitrogens is 3. The molecule has 202 valence electrons. The molecule has 2 amide bonds. The minimum Gasteiger partial charge on any atom is -0.481 e. The van der Waals surface area contributed by atoms with Gasteiger partial charge < -0.3 is 25.0 Å². The molecule has 2 N–H and O–H groups in total. The lowest BCUT2D eigenvalue weighted by atomic mass is 10.1. The van der Waals surface area contributed by atoms with Gasteiger partial charge in [0, 0.05) is 36.2 Å². The van der Waals surface area contributed by atoms with Crippen molar-refractivity contribution in [3.63, 3.8) is 0 Å². The van der Waals surface area contributed by atoms with Crippen molar-refractivity contribution in [2.45, 2.75) is 31.6 Å². The third-order valence-corrected chi connectivity index (χ3v) is 8.59. The first-order valence-corrected chi connectivity index (χ1v) is 14.0. The van der Waals surface area contributed by atoms with Gasteiger partial charge >= 0.3 is 6.03 Å². The maximum atomic E-state index is 12.6. The maximum absolute atomic E-state index is 12.6. The van der Waals surface area contributed by atoms with Gasteiger partial charge in [-0.2, -0.15) is 0 Å². The lowest BCUT2D eigenvalue weighted by Crippen LogP contribution is -2.44. The largest absolute Gasteiger partial charge is 0.481 e. The van der Waals surface area contributed by atoms with Gasteiger partial charge in [-0.25, -0.2) is 28.2 Å². The minimum atomic E-state index is -3.46. The molecule has 1 aliphatic heterocycles. The molecule has 1 saturated heterocycles. The van der Waals surface area contributed by atoms with Crippen molar-refractivity contribution in [2.24, 2.45) is 0 Å². The van der Waals surface area contributed by atoms with Gasteiger partial charge in [0.05, 0.1) is 43.9 Å². The molecule has 0 radical (unpaired) electrons. The highest BCUT2D eigenvalue weighted by Gasteiger charge is 2.35. The van der Waals surface area contributed by atoms with E-state index in [1.54, 1.807) is 56.3 Å². The summed E-state index contributed by atoms with van der Waals surface area (Å²) in [5.74, 6) is 1.49. The standard InChI is InChI=1S/C26H32N6O5S/c1-17-16-37-13-12-32(17)22-14-21(26(2,3)38(5,34)35)30-24(31-22)18-6-8-19(9-7-18)28-25(33)29-20-10-11-23(36-4)27-15-20/h6-11,14-15,17H,12-13,16H2,1-5H3,(H2,28,29,33)/t17-/m0/s1. The van der Waals surface area contributed by atoms with Crippen molar-refractivity contribution >= 4 is 33.1 Å². The molecule has 0 aliphatic carbocycles. The number of urea groups is 1. The molecule has 1 atom stereocenters. The second-order valence-corrected chi connectivity index (χ2v) is 12.1. The average Bonchev–Trinajstić information content (AvgIpc) is 2.89. The molecule has 1 aromatic carbocycles. The lowest BCUT2D eigenvalue weighted by molar-refractivity contribution is 0.0985. The van der Waals surface area contributed by atoms with Crippen LogP contribution in [0.5, 0.6) is 5.88 Å². The van der Waals surface area contributed by atoms with Gasteiger partial charge in [0.2, 0.25) is 5.88 Å². The number of carbonyl (C=O) groups is 1. The first kappa shape index (κ1) is 27.3. The van der Waals surface area contributed by atoms with E-state index < -0.39 is 20.6 Å². The number of amides is 2. The Bertz CT molecular complexity index is 1390. The maximum Gasteiger partial charge on any atom is 0.323 e. The fraction of sp³-hybridized carbons (Fsp3) is 0.385. The zero-order chi connectivity index (χ0) is 27.5. The highest BCUT2D eigenvalue weighted by Crippen LogP contribution is 2.32. The Morgan fingerprint density at radius 3 is 2.39 bits per heavy atom. The Morgan fingerprint density at radius 1 is 1.11 bits per heavy atom. The first-order chi connectivity index (χ1) is 18.0. The number of anilines is 3. The molecule has 4 rings (SSSR count). The summed E-state index contributed by atoms with van der Waals surface area (Å²) >= 11 is 0. The van der Waals surface area contributed by atoms with Gasteiger partial charge in [-0.3, -0.25) is 0 Å². The fourth-order valence-electron chi connectivity index (χ4n) is 3.85. The number of nitrogens with zero attached hydrogens (tertiary/aromatic N) is 4. The summed E-state index contributed by atoms with van der Waals surface area (Å²) < 4.78 is 34.6. The van der Waals surface area contributed by atoms with Crippen molar-refractivity contribution in [2.75, 3.05) is 48.7 Å². The van der Waals surface area contributed by atoms with Gasteiger partial charge in [-0.1, -0.05) is 0 Å². The number of benzene rings is 1. The zero-order valence-corrected chi connectivity index (χ0v) is 22.9. The normalized spacial score (nSPS) is 16.1. The summed E-state index contributed by atoms with van der Waals surface area (Å²) in [6.45, 7) is 7.08. The second-order valence-electron chi connectivity index (χ2n) is 9.58. The number of carbonyl (C=O) groups excluding carboxylic acids is 1. The molecule has 2 aromatic heterocycles. The number of hydrogen-bond donors (Lipinski definition) is 2. The molecule has 0 spiro atoms. The number of ether oxygens (including phenoxy) is 2. The van der Waals surface area contributed by atoms with E-state index in [4.69, 9.17) is 14.5 Å². The Kier molecular flexibility index (Phi) is 7.83. The highest BCUT2D eigenvalue weighted by atomic mass is 32.2. The molecular weight excluding hydrogens is 508 g/mol. The second kappa shape index (κ2) is 10.9. The summed E-state index contributed by atoms with van der Waals surface area (Å²) in [6.07, 6.45) is 2.70. The van der Waals surface area contributed by atoms with Crippen LogP contribution in [0.3, 0.4) is 0 Å². The summed E-state index contributed by atoms with van der Waals surface area (Å²) in [5, 5.41) is 5.48. The van der Waals surface area contributed by atoms with E-state index in [1.807, 2.05) is 6.92 Å². The highest BCUT2D eigenvalue weighted by molar-refractivity contribution is 7.91. The number of methoxy groups -OCH3 is 1. The van der Waals surface area contributed by atoms with E-state index >= 15 is 0 Å². The fourth-order valence-corrected chi connectivity index (χ4v) is 4.33. The number of morpholine rings is 1. The summed E-state index contributed by atoms with van der Waals surface area (Å²) in [6, 6.07) is 11.8. The molecule has 3 heterocycles. The van der Waals surface area contributed by atoms with Gasteiger partial charge in [0.25, 0.3) is 0 Å². The summed E-state index contributed by atoms with van der Waals surface area (Å²) in [4.78, 5) is 28.0. The van der Waals surface area contributed by atoms with E-state index in [-0.39, 0.29) is 6.04 Å². The molecular formula is C26H32N6O5S. The van der Waals surface area contributed by atoms with Crippen LogP contribution in [0, 0.1) is 0 Å². The van der Waals surface area contributed by atoms with Crippen LogP contribution in [0.2, 0.25) is 0 Å². The topological polar surface area (TPSA) is 136 Å². The van der Waals surface area contributed by atoms with Crippen LogP contribution >= 0.6 is 0 Å². The number of rotatable bonds is 7. The van der Waals surface area contributed by atoms with E-state index in [2.05, 4.69) is 25.5 Å². The van der Waals surface area contributed by atoms with Crippen LogP contribution in [0.15, 0.2) is 48.7 Å². The molecule has 12 heteroatoms. The molecule has 1 fully saturated rings. The monoisotopic (exact) mass is 540 g/mol. The quantitative estimate of drug-likeness (QED) is 0.460. The van der Waals surface area contributed by atoms with E-state index in [0.29, 0.717) is 59.9 Å². The molecule has 0 saturated carbocycles. The van der Waals surface area contributed by atoms with Crippen LogP contribution < -0.4 is 20.3 Å². The Balaban J connectivity index is 1.59. The van der Waals surface area contributed by atoms with Crippen molar-refractivity contribution in [1.29, 1.82) is 0 Å². The van der Waals surface area contributed by atoms with Crippen LogP contribution in [-0.2, 0) is 19.3 Å². The number of sulfone groups is 1. The summed E-state index contributed by atoms with van der Waals surface area (Å²) in [7, 11) is -1.95. The number of hydrogen-bond acceptors (Lipinski definition) is 9.